The molecule has 0 N–H and O–H groups in total. The lowest BCUT2D eigenvalue weighted by Crippen LogP contribution is -2.35. The van der Waals surface area contributed by atoms with Crippen molar-refractivity contribution < 1.29 is 24.3 Å². The Balaban J connectivity index is 1.90. The summed E-state index contributed by atoms with van der Waals surface area (Å²) in [6.45, 7) is -0.207. The summed E-state index contributed by atoms with van der Waals surface area (Å²) in [5, 5.41) is 0. The number of hydrogen-bond donors (Lipinski definition) is 0. The van der Waals surface area contributed by atoms with Crippen molar-refractivity contribution in [2.24, 2.45) is 0 Å². The van der Waals surface area contributed by atoms with Crippen molar-refractivity contribution in [1.29, 1.82) is 0 Å². The van der Waals surface area contributed by atoms with Crippen molar-refractivity contribution in [2.45, 2.75) is 76.4 Å². The van der Waals surface area contributed by atoms with Crippen molar-refractivity contribution in [3.8, 4) is 0 Å². The van der Waals surface area contributed by atoms with Crippen LogP contribution in [0.15, 0.2) is 0 Å². The Kier molecular flexibility index (Phi) is 6.07. The van der Waals surface area contributed by atoms with Crippen LogP contribution in [0.3, 0.4) is 0 Å². The van der Waals surface area contributed by atoms with Crippen molar-refractivity contribution in [3.05, 3.63) is 0 Å². The summed E-state index contributed by atoms with van der Waals surface area (Å²) in [5.41, 5.74) is 0. The van der Waals surface area contributed by atoms with Gasteiger partial charge in [-0.3, -0.25) is 4.89 Å². The molecular formula is C14H24O5. The van der Waals surface area contributed by atoms with Gasteiger partial charge in [0.2, 0.25) is 5.79 Å². The first-order chi connectivity index (χ1) is 9.31. The summed E-state index contributed by atoms with van der Waals surface area (Å²) in [6, 6.07) is 0. The molecule has 19 heavy (non-hydrogen) atoms. The Labute approximate surface area is 114 Å². The number of rotatable bonds is 0. The van der Waals surface area contributed by atoms with Gasteiger partial charge < -0.3 is 0 Å². The first-order valence-electron chi connectivity index (χ1n) is 7.50. The van der Waals surface area contributed by atoms with E-state index in [1.165, 1.54) is 32.1 Å². The Morgan fingerprint density at radius 1 is 0.737 bits per heavy atom. The van der Waals surface area contributed by atoms with Crippen molar-refractivity contribution in [1.82, 2.24) is 0 Å². The zero-order valence-electron chi connectivity index (χ0n) is 11.5. The second-order valence-corrected chi connectivity index (χ2v) is 5.48. The molecule has 1 saturated carbocycles. The third-order valence-corrected chi connectivity index (χ3v) is 3.79. The van der Waals surface area contributed by atoms with E-state index < -0.39 is 11.8 Å². The predicted octanol–water partition coefficient (Wildman–Crippen LogP) is 3.42. The molecule has 1 aliphatic heterocycles. The minimum Gasteiger partial charge on any atom is -0.292 e. The zero-order chi connectivity index (χ0) is 13.4. The summed E-state index contributed by atoms with van der Waals surface area (Å²) < 4.78 is 0. The molecule has 0 aromatic rings. The fourth-order valence-electron chi connectivity index (χ4n) is 2.66. The maximum atomic E-state index is 11.1. The lowest BCUT2D eigenvalue weighted by atomic mass is 9.97. The van der Waals surface area contributed by atoms with Crippen LogP contribution in [0.25, 0.3) is 0 Å². The van der Waals surface area contributed by atoms with Crippen molar-refractivity contribution in [2.75, 3.05) is 6.61 Å². The quantitative estimate of drug-likeness (QED) is 0.632. The summed E-state index contributed by atoms with van der Waals surface area (Å²) >= 11 is 0. The predicted molar refractivity (Wildman–Crippen MR) is 67.7 cm³/mol. The Morgan fingerprint density at radius 3 is 1.84 bits per heavy atom. The molecule has 110 valence electrons. The van der Waals surface area contributed by atoms with Crippen LogP contribution in [0.5, 0.6) is 0 Å². The molecule has 1 saturated heterocycles. The van der Waals surface area contributed by atoms with E-state index in [0.717, 1.165) is 25.7 Å². The maximum absolute atomic E-state index is 11.1. The van der Waals surface area contributed by atoms with Crippen LogP contribution in [-0.4, -0.2) is 18.4 Å². The van der Waals surface area contributed by atoms with Crippen LogP contribution in [0.1, 0.15) is 70.6 Å². The van der Waals surface area contributed by atoms with Crippen molar-refractivity contribution in [3.63, 3.8) is 0 Å². The average molecular weight is 272 g/mol. The van der Waals surface area contributed by atoms with Gasteiger partial charge in [0.05, 0.1) is 0 Å². The van der Waals surface area contributed by atoms with E-state index >= 15 is 0 Å². The van der Waals surface area contributed by atoms with E-state index in [1.807, 2.05) is 0 Å². The zero-order valence-corrected chi connectivity index (χ0v) is 11.5. The van der Waals surface area contributed by atoms with Crippen LogP contribution >= 0.6 is 0 Å². The minimum absolute atomic E-state index is 0.207. The van der Waals surface area contributed by atoms with Gasteiger partial charge in [0.1, 0.15) is 0 Å². The molecule has 1 aliphatic carbocycles. The lowest BCUT2D eigenvalue weighted by molar-refractivity contribution is -0.477. The highest BCUT2D eigenvalue weighted by molar-refractivity contribution is 5.69. The van der Waals surface area contributed by atoms with Crippen LogP contribution < -0.4 is 0 Å². The van der Waals surface area contributed by atoms with Crippen molar-refractivity contribution >= 4 is 5.97 Å². The molecule has 0 radical (unpaired) electrons. The fraction of sp³-hybridized carbons (Fsp3) is 0.929. The van der Waals surface area contributed by atoms with Gasteiger partial charge in [0.25, 0.3) is 0 Å². The van der Waals surface area contributed by atoms with Gasteiger partial charge in [-0.1, -0.05) is 44.9 Å². The van der Waals surface area contributed by atoms with E-state index in [0.29, 0.717) is 12.8 Å². The second kappa shape index (κ2) is 7.82. The second-order valence-electron chi connectivity index (χ2n) is 5.48. The SMILES string of the molecule is O=C1COOC2(CCCCCCCCCCC2)OO1. The molecule has 0 aromatic carbocycles. The smallest absolute Gasteiger partial charge is 0.292 e. The van der Waals surface area contributed by atoms with Gasteiger partial charge in [0.15, 0.2) is 6.61 Å². The van der Waals surface area contributed by atoms with Gasteiger partial charge in [-0.05, 0) is 12.8 Å². The van der Waals surface area contributed by atoms with E-state index in [1.54, 1.807) is 0 Å². The van der Waals surface area contributed by atoms with E-state index in [-0.39, 0.29) is 6.61 Å². The highest BCUT2D eigenvalue weighted by atomic mass is 17.3. The molecular weight excluding hydrogens is 248 g/mol. The van der Waals surface area contributed by atoms with Gasteiger partial charge >= 0.3 is 5.97 Å². The number of hydrogen-bond acceptors (Lipinski definition) is 5. The lowest BCUT2D eigenvalue weighted by Gasteiger charge is -2.28. The monoisotopic (exact) mass is 272 g/mol. The van der Waals surface area contributed by atoms with Crippen LogP contribution in [0, 0.1) is 0 Å². The highest BCUT2D eigenvalue weighted by Crippen LogP contribution is 2.31. The first kappa shape index (κ1) is 14.8. The molecule has 0 unspecified atom stereocenters. The fourth-order valence-corrected chi connectivity index (χ4v) is 2.66. The van der Waals surface area contributed by atoms with Gasteiger partial charge in [-0.25, -0.2) is 9.68 Å². The molecule has 0 aromatic heterocycles. The van der Waals surface area contributed by atoms with Gasteiger partial charge in [-0.15, -0.1) is 4.89 Å². The third-order valence-electron chi connectivity index (χ3n) is 3.79. The standard InChI is InChI=1S/C14H24O5/c15-13-12-16-18-14(19-17-13)10-8-6-4-2-1-3-5-7-9-11-14/h1-12H2. The largest absolute Gasteiger partial charge is 0.371 e. The summed E-state index contributed by atoms with van der Waals surface area (Å²) in [4.78, 5) is 31.4. The molecule has 2 aliphatic rings. The maximum Gasteiger partial charge on any atom is 0.371 e. The van der Waals surface area contributed by atoms with E-state index in [9.17, 15) is 4.79 Å². The van der Waals surface area contributed by atoms with Crippen LogP contribution in [-0.2, 0) is 24.3 Å². The topological polar surface area (TPSA) is 54.0 Å². The Bertz CT molecular complexity index is 267. The molecule has 0 bridgehead atoms. The molecule has 0 amide bonds. The van der Waals surface area contributed by atoms with Crippen LogP contribution in [0.2, 0.25) is 0 Å². The summed E-state index contributed by atoms with van der Waals surface area (Å²) in [7, 11) is 0. The summed E-state index contributed by atoms with van der Waals surface area (Å²) in [6.07, 6.45) is 12.2. The molecule has 5 nitrogen and oxygen atoms in total. The molecule has 1 heterocycles. The normalized spacial score (nSPS) is 26.8. The highest BCUT2D eigenvalue weighted by Gasteiger charge is 2.38. The Hall–Kier alpha value is -0.650. The molecule has 2 fully saturated rings. The molecule has 2 rings (SSSR count). The number of carbonyl (C=O) groups excluding carboxylic acids is 1. The van der Waals surface area contributed by atoms with Gasteiger partial charge in [-0.2, -0.15) is 4.89 Å². The number of carbonyl (C=O) groups is 1. The Morgan fingerprint density at radius 2 is 1.26 bits per heavy atom. The van der Waals surface area contributed by atoms with E-state index in [2.05, 4.69) is 0 Å². The average Bonchev–Trinajstić information content (AvgIpc) is 2.57. The van der Waals surface area contributed by atoms with E-state index in [4.69, 9.17) is 19.6 Å². The molecule has 0 atom stereocenters. The van der Waals surface area contributed by atoms with Gasteiger partial charge in [0, 0.05) is 12.8 Å². The molecule has 5 heteroatoms. The third kappa shape index (κ3) is 5.09. The molecule has 1 spiro atoms. The summed E-state index contributed by atoms with van der Waals surface area (Å²) in [5.74, 6) is -1.44. The minimum atomic E-state index is -0.897. The first-order valence-corrected chi connectivity index (χ1v) is 7.50. The van der Waals surface area contributed by atoms with Crippen LogP contribution in [0.4, 0.5) is 0 Å².